The molecule has 0 aliphatic rings. The number of halogens is 1. The van der Waals surface area contributed by atoms with Crippen LogP contribution in [0.4, 0.5) is 0 Å². The summed E-state index contributed by atoms with van der Waals surface area (Å²) in [6.07, 6.45) is 1.89. The molecule has 0 aliphatic carbocycles. The Morgan fingerprint density at radius 1 is 1.45 bits per heavy atom. The van der Waals surface area contributed by atoms with Gasteiger partial charge in [-0.15, -0.1) is 0 Å². The number of methoxy groups -OCH3 is 1. The maximum Gasteiger partial charge on any atom is 0.0635 e. The molecule has 0 saturated heterocycles. The van der Waals surface area contributed by atoms with Crippen LogP contribution in [0.3, 0.4) is 0 Å². The normalized spacial score (nSPS) is 14.8. The van der Waals surface area contributed by atoms with Crippen LogP contribution in [0.1, 0.15) is 25.5 Å². The summed E-state index contributed by atoms with van der Waals surface area (Å²) in [5.41, 5.74) is 1.25. The van der Waals surface area contributed by atoms with Gasteiger partial charge in [-0.2, -0.15) is 5.10 Å². The second-order valence-corrected chi connectivity index (χ2v) is 6.28. The molecule has 5 nitrogen and oxygen atoms in total. The van der Waals surface area contributed by atoms with E-state index in [-0.39, 0.29) is 0 Å². The van der Waals surface area contributed by atoms with Gasteiger partial charge in [0.05, 0.1) is 29.5 Å². The molecule has 1 heterocycles. The molecule has 1 N–H and O–H groups in total. The Labute approximate surface area is 130 Å². The molecule has 0 spiro atoms. The van der Waals surface area contributed by atoms with Crippen molar-refractivity contribution in [2.45, 2.75) is 32.4 Å². The lowest BCUT2D eigenvalue weighted by Gasteiger charge is -2.23. The number of ether oxygens (including phenoxy) is 1. The van der Waals surface area contributed by atoms with Gasteiger partial charge in [0.1, 0.15) is 0 Å². The van der Waals surface area contributed by atoms with Crippen molar-refractivity contribution in [2.75, 3.05) is 40.9 Å². The van der Waals surface area contributed by atoms with E-state index in [1.807, 2.05) is 6.20 Å². The zero-order valence-corrected chi connectivity index (χ0v) is 14.8. The molecule has 0 amide bonds. The van der Waals surface area contributed by atoms with E-state index in [2.05, 4.69) is 63.9 Å². The van der Waals surface area contributed by atoms with E-state index in [9.17, 15) is 0 Å². The van der Waals surface area contributed by atoms with E-state index in [1.165, 1.54) is 5.69 Å². The zero-order chi connectivity index (χ0) is 15.1. The highest BCUT2D eigenvalue weighted by molar-refractivity contribution is 9.10. The van der Waals surface area contributed by atoms with Gasteiger partial charge >= 0.3 is 0 Å². The maximum absolute atomic E-state index is 5.08. The number of nitrogens with one attached hydrogen (secondary N) is 1. The predicted molar refractivity (Wildman–Crippen MR) is 86.2 cm³/mol. The topological polar surface area (TPSA) is 42.3 Å². The molecule has 1 aromatic heterocycles. The van der Waals surface area contributed by atoms with Gasteiger partial charge in [0, 0.05) is 32.2 Å². The molecule has 0 aliphatic heterocycles. The first-order valence-electron chi connectivity index (χ1n) is 7.05. The van der Waals surface area contributed by atoms with Gasteiger partial charge in [-0.05, 0) is 36.9 Å². The van der Waals surface area contributed by atoms with Gasteiger partial charge < -0.3 is 15.0 Å². The third-order valence-electron chi connectivity index (χ3n) is 3.55. The molecule has 1 aromatic rings. The minimum absolute atomic E-state index is 0.372. The molecule has 2 unspecified atom stereocenters. The van der Waals surface area contributed by atoms with Gasteiger partial charge in [-0.25, -0.2) is 0 Å². The molecular weight excluding hydrogens is 320 g/mol. The first-order valence-corrected chi connectivity index (χ1v) is 7.85. The fraction of sp³-hybridized carbons (Fsp3) is 0.786. The Hall–Kier alpha value is -0.430. The van der Waals surface area contributed by atoms with Crippen LogP contribution in [0, 0.1) is 0 Å². The lowest BCUT2D eigenvalue weighted by atomic mass is 9.99. The fourth-order valence-electron chi connectivity index (χ4n) is 2.10. The average Bonchev–Trinajstić information content (AvgIpc) is 2.76. The van der Waals surface area contributed by atoms with Gasteiger partial charge in [0.2, 0.25) is 0 Å². The van der Waals surface area contributed by atoms with E-state index < -0.39 is 0 Å². The van der Waals surface area contributed by atoms with E-state index in [1.54, 1.807) is 7.11 Å². The number of aromatic nitrogens is 2. The van der Waals surface area contributed by atoms with Crippen LogP contribution in [0.5, 0.6) is 0 Å². The Morgan fingerprint density at radius 2 is 2.15 bits per heavy atom. The van der Waals surface area contributed by atoms with Gasteiger partial charge in [-0.1, -0.05) is 6.92 Å². The van der Waals surface area contributed by atoms with Crippen LogP contribution >= 0.6 is 15.9 Å². The van der Waals surface area contributed by atoms with Crippen LogP contribution in [-0.2, 0) is 11.3 Å². The highest BCUT2D eigenvalue weighted by Gasteiger charge is 2.21. The Balaban J connectivity index is 2.70. The number of nitrogens with zero attached hydrogens (tertiary/aromatic N) is 3. The van der Waals surface area contributed by atoms with Gasteiger partial charge in [0.25, 0.3) is 0 Å². The van der Waals surface area contributed by atoms with Crippen molar-refractivity contribution in [1.82, 2.24) is 20.0 Å². The minimum atomic E-state index is 0.372. The van der Waals surface area contributed by atoms with E-state index in [0.29, 0.717) is 12.0 Å². The molecule has 116 valence electrons. The third-order valence-corrected chi connectivity index (χ3v) is 4.16. The monoisotopic (exact) mass is 346 g/mol. The molecule has 1 rings (SSSR count). The zero-order valence-electron chi connectivity index (χ0n) is 13.2. The average molecular weight is 347 g/mol. The summed E-state index contributed by atoms with van der Waals surface area (Å²) in [5.74, 6) is 0.380. The first-order chi connectivity index (χ1) is 9.47. The summed E-state index contributed by atoms with van der Waals surface area (Å²) in [7, 11) is 5.88. The molecule has 0 fully saturated rings. The summed E-state index contributed by atoms with van der Waals surface area (Å²) in [6, 6.07) is 0.372. The molecule has 0 aromatic carbocycles. The number of hydrogen-bond acceptors (Lipinski definition) is 4. The van der Waals surface area contributed by atoms with Crippen LogP contribution in [0.15, 0.2) is 10.7 Å². The highest BCUT2D eigenvalue weighted by Crippen LogP contribution is 2.27. The number of hydrogen-bond donors (Lipinski definition) is 1. The first kappa shape index (κ1) is 17.6. The minimum Gasteiger partial charge on any atom is -0.383 e. The quantitative estimate of drug-likeness (QED) is 0.694. The highest BCUT2D eigenvalue weighted by atomic mass is 79.9. The van der Waals surface area contributed by atoms with Crippen molar-refractivity contribution < 1.29 is 4.74 Å². The van der Waals surface area contributed by atoms with Crippen molar-refractivity contribution in [3.05, 3.63) is 16.4 Å². The van der Waals surface area contributed by atoms with Crippen LogP contribution in [0.2, 0.25) is 0 Å². The molecule has 0 saturated carbocycles. The standard InChI is InChI=1S/C14H27BrN4O/c1-11(12(2)16-6-9-20-5)14-13(15)10-17-19(14)8-7-18(3)4/h10-12,16H,6-9H2,1-5H3. The van der Waals surface area contributed by atoms with Gasteiger partial charge in [-0.3, -0.25) is 4.68 Å². The fourth-order valence-corrected chi connectivity index (χ4v) is 2.76. The van der Waals surface area contributed by atoms with Crippen molar-refractivity contribution in [1.29, 1.82) is 0 Å². The SMILES string of the molecule is COCCNC(C)C(C)c1c(Br)cnn1CCN(C)C. The Bertz CT molecular complexity index is 395. The van der Waals surface area contributed by atoms with Crippen LogP contribution in [0.25, 0.3) is 0 Å². The number of rotatable bonds is 9. The van der Waals surface area contributed by atoms with Crippen molar-refractivity contribution in [2.24, 2.45) is 0 Å². The van der Waals surface area contributed by atoms with E-state index in [4.69, 9.17) is 4.74 Å². The summed E-state index contributed by atoms with van der Waals surface area (Å²) in [5, 5.41) is 7.97. The van der Waals surface area contributed by atoms with E-state index in [0.717, 1.165) is 30.7 Å². The predicted octanol–water partition coefficient (Wildman–Crippen LogP) is 1.94. The summed E-state index contributed by atoms with van der Waals surface area (Å²) in [6.45, 7) is 7.93. The Morgan fingerprint density at radius 3 is 2.75 bits per heavy atom. The summed E-state index contributed by atoms with van der Waals surface area (Å²) in [4.78, 5) is 2.17. The third kappa shape index (κ3) is 5.16. The Kier molecular flexibility index (Phi) is 7.72. The lowest BCUT2D eigenvalue weighted by molar-refractivity contribution is 0.194. The number of likely N-dealkylation sites (N-methyl/N-ethyl adjacent to an activating group) is 1. The van der Waals surface area contributed by atoms with Crippen molar-refractivity contribution in [3.8, 4) is 0 Å². The van der Waals surface area contributed by atoms with Gasteiger partial charge in [0.15, 0.2) is 0 Å². The molecule has 6 heteroatoms. The molecule has 0 radical (unpaired) electrons. The van der Waals surface area contributed by atoms with Crippen LogP contribution < -0.4 is 5.32 Å². The van der Waals surface area contributed by atoms with Crippen molar-refractivity contribution >= 4 is 15.9 Å². The summed E-state index contributed by atoms with van der Waals surface area (Å²) < 4.78 is 8.27. The van der Waals surface area contributed by atoms with Crippen LogP contribution in [-0.4, -0.2) is 61.6 Å². The van der Waals surface area contributed by atoms with E-state index >= 15 is 0 Å². The maximum atomic E-state index is 5.08. The smallest absolute Gasteiger partial charge is 0.0635 e. The van der Waals surface area contributed by atoms with Crippen molar-refractivity contribution in [3.63, 3.8) is 0 Å². The molecular formula is C14H27BrN4O. The lowest BCUT2D eigenvalue weighted by Crippen LogP contribution is -2.34. The second kappa shape index (κ2) is 8.77. The second-order valence-electron chi connectivity index (χ2n) is 5.43. The molecule has 20 heavy (non-hydrogen) atoms. The molecule has 0 bridgehead atoms. The largest absolute Gasteiger partial charge is 0.383 e. The molecule has 2 atom stereocenters. The summed E-state index contributed by atoms with van der Waals surface area (Å²) >= 11 is 3.63.